The first-order valence-corrected chi connectivity index (χ1v) is 39.1. The van der Waals surface area contributed by atoms with Gasteiger partial charge in [-0.3, -0.25) is 18.6 Å². The molecule has 0 heterocycles. The fourth-order valence-electron chi connectivity index (χ4n) is 11.2. The van der Waals surface area contributed by atoms with E-state index in [1.807, 2.05) is 27.2 Å². The number of nitrogens with one attached hydrogen (secondary N) is 1. The first-order valence-electron chi connectivity index (χ1n) is 37.6. The number of quaternary nitrogens is 1. The SMILES string of the molecule is CCCCC/C=C\C/C=C\C/C=C\C/C=C\CCCCCCCCCCCC(=O)NC(COP(=O)(O)OCC[N+](C)(C)C)C(/C=C/CCCCCCCCCCCCC)OC(=O)CCCCCCCCCCCCCCCCCCCCCCCCC. The fourth-order valence-corrected chi connectivity index (χ4v) is 11.9. The number of nitrogens with zero attached hydrogens (tertiary/aromatic N) is 1. The van der Waals surface area contributed by atoms with E-state index in [1.165, 1.54) is 244 Å². The summed E-state index contributed by atoms with van der Waals surface area (Å²) >= 11 is 0. The molecule has 1 amide bonds. The Balaban J connectivity index is 5.05. The van der Waals surface area contributed by atoms with Crippen molar-refractivity contribution in [2.75, 3.05) is 40.9 Å². The molecule has 9 nitrogen and oxygen atoms in total. The molecule has 0 spiro atoms. The number of phosphoric acid groups is 1. The van der Waals surface area contributed by atoms with E-state index < -0.39 is 20.0 Å². The second kappa shape index (κ2) is 66.6. The largest absolute Gasteiger partial charge is 0.472 e. The average Bonchev–Trinajstić information content (AvgIpc) is 3.70. The van der Waals surface area contributed by atoms with Gasteiger partial charge >= 0.3 is 13.8 Å². The number of hydrogen-bond acceptors (Lipinski definition) is 6. The molecule has 0 bridgehead atoms. The van der Waals surface area contributed by atoms with E-state index in [9.17, 15) is 19.0 Å². The zero-order valence-electron chi connectivity index (χ0n) is 58.5. The molecule has 0 aromatic rings. The predicted molar refractivity (Wildman–Crippen MR) is 378 cm³/mol. The molecule has 510 valence electrons. The highest BCUT2D eigenvalue weighted by atomic mass is 31.2. The normalized spacial score (nSPS) is 13.8. The third-order valence-electron chi connectivity index (χ3n) is 17.0. The third kappa shape index (κ3) is 67.9. The molecule has 3 unspecified atom stereocenters. The summed E-state index contributed by atoms with van der Waals surface area (Å²) < 4.78 is 30.9. The fraction of sp³-hybridized carbons (Fsp3) is 0.844. The topological polar surface area (TPSA) is 111 Å². The van der Waals surface area contributed by atoms with Gasteiger partial charge in [-0.25, -0.2) is 4.57 Å². The predicted octanol–water partition coefficient (Wildman–Crippen LogP) is 24.1. The van der Waals surface area contributed by atoms with Crippen molar-refractivity contribution in [2.24, 2.45) is 0 Å². The molecule has 0 saturated carbocycles. The van der Waals surface area contributed by atoms with Crippen LogP contribution in [0.25, 0.3) is 0 Å². The summed E-state index contributed by atoms with van der Waals surface area (Å²) in [6, 6.07) is -0.853. The first-order chi connectivity index (χ1) is 42.4. The van der Waals surface area contributed by atoms with Crippen molar-refractivity contribution < 1.29 is 37.3 Å². The van der Waals surface area contributed by atoms with Gasteiger partial charge in [0.25, 0.3) is 0 Å². The van der Waals surface area contributed by atoms with Crippen LogP contribution in [0.1, 0.15) is 367 Å². The molecule has 0 aliphatic rings. The van der Waals surface area contributed by atoms with E-state index in [1.54, 1.807) is 0 Å². The van der Waals surface area contributed by atoms with Crippen molar-refractivity contribution in [3.8, 4) is 0 Å². The summed E-state index contributed by atoms with van der Waals surface area (Å²) in [5.74, 6) is -0.494. The van der Waals surface area contributed by atoms with Gasteiger partial charge in [0.2, 0.25) is 5.91 Å². The Kier molecular flexibility index (Phi) is 64.9. The highest BCUT2D eigenvalue weighted by molar-refractivity contribution is 7.47. The van der Waals surface area contributed by atoms with Crippen LogP contribution in [0.5, 0.6) is 0 Å². The molecule has 2 N–H and O–H groups in total. The van der Waals surface area contributed by atoms with Gasteiger partial charge in [0.15, 0.2) is 0 Å². The van der Waals surface area contributed by atoms with Gasteiger partial charge in [-0.15, -0.1) is 0 Å². The maximum atomic E-state index is 13.6. The Morgan fingerprint density at radius 1 is 0.402 bits per heavy atom. The summed E-state index contributed by atoms with van der Waals surface area (Å²) in [6.45, 7) is 7.04. The summed E-state index contributed by atoms with van der Waals surface area (Å²) in [5, 5.41) is 3.08. The van der Waals surface area contributed by atoms with Gasteiger partial charge in [0.05, 0.1) is 33.8 Å². The molecule has 10 heteroatoms. The number of rotatable bonds is 69. The summed E-state index contributed by atoms with van der Waals surface area (Å²) in [7, 11) is 1.50. The van der Waals surface area contributed by atoms with E-state index >= 15 is 0 Å². The van der Waals surface area contributed by atoms with E-state index in [4.69, 9.17) is 13.8 Å². The number of allylic oxidation sites excluding steroid dienone is 9. The highest BCUT2D eigenvalue weighted by Gasteiger charge is 2.30. The Hall–Kier alpha value is -2.29. The number of carbonyl (C=O) groups is 2. The van der Waals surface area contributed by atoms with Crippen LogP contribution in [0.15, 0.2) is 60.8 Å². The number of ether oxygens (including phenoxy) is 1. The summed E-state index contributed by atoms with van der Waals surface area (Å²) in [6.07, 6.45) is 86.6. The van der Waals surface area contributed by atoms with Gasteiger partial charge < -0.3 is 19.4 Å². The molecule has 0 aliphatic heterocycles. The van der Waals surface area contributed by atoms with Gasteiger partial charge in [-0.2, -0.15) is 0 Å². The van der Waals surface area contributed by atoms with Crippen LogP contribution < -0.4 is 5.32 Å². The summed E-state index contributed by atoms with van der Waals surface area (Å²) in [4.78, 5) is 38.0. The van der Waals surface area contributed by atoms with Crippen LogP contribution in [-0.2, 0) is 27.9 Å². The van der Waals surface area contributed by atoms with Gasteiger partial charge in [0.1, 0.15) is 19.3 Å². The lowest BCUT2D eigenvalue weighted by Gasteiger charge is -2.27. The van der Waals surface area contributed by atoms with Crippen LogP contribution in [0, 0.1) is 0 Å². The Labute approximate surface area is 541 Å². The minimum atomic E-state index is -4.46. The minimum absolute atomic E-state index is 0.0396. The highest BCUT2D eigenvalue weighted by Crippen LogP contribution is 2.43. The van der Waals surface area contributed by atoms with E-state index in [-0.39, 0.29) is 25.1 Å². The van der Waals surface area contributed by atoms with Crippen molar-refractivity contribution in [2.45, 2.75) is 380 Å². The number of phosphoric ester groups is 1. The summed E-state index contributed by atoms with van der Waals surface area (Å²) in [5.41, 5.74) is 0. The van der Waals surface area contributed by atoms with E-state index in [0.717, 1.165) is 89.9 Å². The number of carbonyl (C=O) groups excluding carboxylic acids is 2. The lowest BCUT2D eigenvalue weighted by Crippen LogP contribution is -2.47. The molecule has 0 rings (SSSR count). The van der Waals surface area contributed by atoms with Crippen molar-refractivity contribution in [1.29, 1.82) is 0 Å². The Morgan fingerprint density at radius 3 is 1.07 bits per heavy atom. The number of esters is 1. The maximum absolute atomic E-state index is 13.6. The van der Waals surface area contributed by atoms with Crippen molar-refractivity contribution >= 4 is 19.7 Å². The molecule has 0 aliphatic carbocycles. The maximum Gasteiger partial charge on any atom is 0.472 e. The second-order valence-corrected chi connectivity index (χ2v) is 28.3. The molecule has 0 radical (unpaired) electrons. The van der Waals surface area contributed by atoms with Crippen LogP contribution in [0.2, 0.25) is 0 Å². The zero-order valence-corrected chi connectivity index (χ0v) is 59.4. The number of hydrogen-bond donors (Lipinski definition) is 2. The molecular weight excluding hydrogens is 1100 g/mol. The number of likely N-dealkylation sites (N-methyl/N-ethyl adjacent to an activating group) is 1. The Bertz CT molecular complexity index is 1670. The first kappa shape index (κ1) is 84.7. The molecule has 0 aromatic heterocycles. The van der Waals surface area contributed by atoms with Crippen molar-refractivity contribution in [1.82, 2.24) is 5.32 Å². The van der Waals surface area contributed by atoms with Gasteiger partial charge in [-0.05, 0) is 76.7 Å². The van der Waals surface area contributed by atoms with Crippen LogP contribution in [0.3, 0.4) is 0 Å². The van der Waals surface area contributed by atoms with Crippen LogP contribution >= 0.6 is 7.82 Å². The van der Waals surface area contributed by atoms with Crippen LogP contribution in [0.4, 0.5) is 0 Å². The van der Waals surface area contributed by atoms with Gasteiger partial charge in [-0.1, -0.05) is 339 Å². The smallest absolute Gasteiger partial charge is 0.456 e. The van der Waals surface area contributed by atoms with Crippen molar-refractivity contribution in [3.05, 3.63) is 60.8 Å². The lowest BCUT2D eigenvalue weighted by atomic mass is 10.0. The molecule has 0 saturated heterocycles. The zero-order chi connectivity index (χ0) is 63.5. The molecule has 0 fully saturated rings. The Morgan fingerprint density at radius 2 is 0.701 bits per heavy atom. The molecule has 3 atom stereocenters. The quantitative estimate of drug-likeness (QED) is 0.0205. The minimum Gasteiger partial charge on any atom is -0.456 e. The van der Waals surface area contributed by atoms with E-state index in [2.05, 4.69) is 80.8 Å². The van der Waals surface area contributed by atoms with E-state index in [0.29, 0.717) is 23.9 Å². The second-order valence-electron chi connectivity index (χ2n) is 26.8. The number of unbranched alkanes of at least 4 members (excludes halogenated alkanes) is 45. The standard InChI is InChI=1S/C77H145N2O7P/c1-7-10-13-16-19-22-25-28-30-32-34-36-38-39-41-42-44-46-48-51-54-57-60-63-66-69-76(80)78-74(73-85-87(82,83)84-72-71-79(4,5)6)75(68-65-62-59-56-53-50-27-24-21-18-15-12-9-3)86-77(81)70-67-64-61-58-55-52-49-47-45-43-40-37-35-33-31-29-26-23-20-17-14-11-8-2/h19,22,28,30,34,36,39,41,65,68,74-75H,7-18,20-21,23-27,29,31-33,35,37-38,40,42-64,66-67,69-73H2,1-6H3,(H-,78,80,82,83)/p+1/b22-19-,30-28-,36-34-,41-39-,68-65+. The molecular formula is C77H146N2O7P+. The monoisotopic (exact) mass is 1240 g/mol. The average molecular weight is 1240 g/mol. The molecule has 87 heavy (non-hydrogen) atoms. The van der Waals surface area contributed by atoms with Crippen LogP contribution in [-0.4, -0.2) is 74.3 Å². The number of amides is 1. The lowest BCUT2D eigenvalue weighted by molar-refractivity contribution is -0.870. The third-order valence-corrected chi connectivity index (χ3v) is 17.9. The molecule has 0 aromatic carbocycles. The van der Waals surface area contributed by atoms with Gasteiger partial charge in [0, 0.05) is 12.8 Å². The van der Waals surface area contributed by atoms with Crippen molar-refractivity contribution in [3.63, 3.8) is 0 Å².